The second-order valence-corrected chi connectivity index (χ2v) is 2.85. The van der Waals surface area contributed by atoms with E-state index in [0.29, 0.717) is 11.0 Å². The summed E-state index contributed by atoms with van der Waals surface area (Å²) in [6, 6.07) is 6.38. The molecule has 17 heavy (non-hydrogen) atoms. The Labute approximate surface area is 91.9 Å². The van der Waals surface area contributed by atoms with Crippen LogP contribution in [0.25, 0.3) is 11.0 Å². The smallest absolute Gasteiger partial charge is 0.334 e. The number of alkyl halides is 3. The number of nitrogens with zero attached hydrogens (tertiary/aromatic N) is 1. The van der Waals surface area contributed by atoms with Gasteiger partial charge in [0.05, 0.1) is 11.0 Å². The quantitative estimate of drug-likeness (QED) is 0.565. The maximum Gasteiger partial charge on any atom is 0.762 e. The Morgan fingerprint density at radius 1 is 1.06 bits per heavy atom. The number of rotatable bonds is 0. The first kappa shape index (κ1) is 13.4. The van der Waals surface area contributed by atoms with E-state index in [1.54, 1.807) is 18.2 Å². The summed E-state index contributed by atoms with van der Waals surface area (Å²) >= 11 is 0. The van der Waals surface area contributed by atoms with Gasteiger partial charge in [-0.3, -0.25) is 12.9 Å². The van der Waals surface area contributed by atoms with Crippen molar-refractivity contribution in [1.82, 2.24) is 9.97 Å². The van der Waals surface area contributed by atoms with Crippen molar-refractivity contribution in [1.29, 1.82) is 0 Å². The van der Waals surface area contributed by atoms with Crippen LogP contribution in [0.5, 0.6) is 0 Å². The minimum absolute atomic E-state index is 0.329. The zero-order chi connectivity index (χ0) is 13.1. The van der Waals surface area contributed by atoms with Crippen LogP contribution in [0.15, 0.2) is 24.3 Å². The highest BCUT2D eigenvalue weighted by atomic mass is 19.4. The van der Waals surface area contributed by atoms with Crippen molar-refractivity contribution in [3.8, 4) is 0 Å². The first-order valence-corrected chi connectivity index (χ1v) is 4.25. The first-order chi connectivity index (χ1) is 7.80. The molecule has 1 N–H and O–H groups in total. The molecule has 1 aromatic carbocycles. The largest absolute Gasteiger partial charge is 0.762 e. The Morgan fingerprint density at radius 3 is 2.06 bits per heavy atom. The summed E-state index contributed by atoms with van der Waals surface area (Å²) in [5.41, 5.74) is 0.727. The molecule has 0 atom stereocenters. The fourth-order valence-corrected chi connectivity index (χ4v) is 1.09. The monoisotopic (exact) mass is 254 g/mol. The second-order valence-electron chi connectivity index (χ2n) is 2.85. The van der Waals surface area contributed by atoms with Crippen LogP contribution in [0.4, 0.5) is 26.1 Å². The highest BCUT2D eigenvalue weighted by molar-refractivity contribution is 6.33. The molecule has 0 aliphatic carbocycles. The first-order valence-electron chi connectivity index (χ1n) is 4.25. The fraction of sp³-hybridized carbons (Fsp3) is 0.125. The summed E-state index contributed by atoms with van der Waals surface area (Å²) < 4.78 is 65.4. The minimum atomic E-state index is -4.40. The highest BCUT2D eigenvalue weighted by Gasteiger charge is 2.34. The fourth-order valence-electron chi connectivity index (χ4n) is 1.09. The van der Waals surface area contributed by atoms with Crippen LogP contribution in [0.3, 0.4) is 0 Å². The SMILES string of the molecule is FB(F)F.FC(F)(F)c1nc2ccccc2[nH]1. The van der Waals surface area contributed by atoms with E-state index < -0.39 is 19.5 Å². The van der Waals surface area contributed by atoms with Crippen molar-refractivity contribution < 1.29 is 26.1 Å². The van der Waals surface area contributed by atoms with E-state index in [9.17, 15) is 26.1 Å². The molecule has 0 spiro atoms. The van der Waals surface area contributed by atoms with E-state index in [1.165, 1.54) is 6.07 Å². The molecule has 0 amide bonds. The predicted octanol–water partition coefficient (Wildman–Crippen LogP) is 3.46. The molecule has 0 saturated heterocycles. The molecule has 0 radical (unpaired) electrons. The lowest BCUT2D eigenvalue weighted by Gasteiger charge is -1.98. The molecule has 0 aliphatic rings. The maximum absolute atomic E-state index is 12.1. The van der Waals surface area contributed by atoms with Crippen molar-refractivity contribution in [2.45, 2.75) is 6.18 Å². The van der Waals surface area contributed by atoms with Gasteiger partial charge in [-0.1, -0.05) is 12.1 Å². The third-order valence-electron chi connectivity index (χ3n) is 1.66. The molecule has 0 unspecified atom stereocenters. The van der Waals surface area contributed by atoms with Gasteiger partial charge < -0.3 is 4.98 Å². The molecule has 1 heterocycles. The molecule has 2 rings (SSSR count). The lowest BCUT2D eigenvalue weighted by Crippen LogP contribution is -2.06. The topological polar surface area (TPSA) is 28.7 Å². The molecule has 0 aliphatic heterocycles. The molecule has 0 fully saturated rings. The summed E-state index contributed by atoms with van der Waals surface area (Å²) in [7, 11) is -3.67. The molecule has 2 nitrogen and oxygen atoms in total. The van der Waals surface area contributed by atoms with Crippen molar-refractivity contribution in [3.05, 3.63) is 30.1 Å². The van der Waals surface area contributed by atoms with E-state index >= 15 is 0 Å². The molecular weight excluding hydrogens is 249 g/mol. The van der Waals surface area contributed by atoms with Crippen LogP contribution >= 0.6 is 0 Å². The Bertz CT molecular complexity index is 444. The van der Waals surface area contributed by atoms with Gasteiger partial charge in [-0.25, -0.2) is 4.98 Å². The molecule has 0 bridgehead atoms. The number of nitrogens with one attached hydrogen (secondary N) is 1. The summed E-state index contributed by atoms with van der Waals surface area (Å²) in [6.45, 7) is 0. The van der Waals surface area contributed by atoms with Crippen LogP contribution in [0, 0.1) is 0 Å². The third-order valence-corrected chi connectivity index (χ3v) is 1.66. The van der Waals surface area contributed by atoms with E-state index in [2.05, 4.69) is 9.97 Å². The number of imidazole rings is 1. The van der Waals surface area contributed by atoms with E-state index in [-0.39, 0.29) is 0 Å². The van der Waals surface area contributed by atoms with Gasteiger partial charge in [-0.15, -0.1) is 0 Å². The van der Waals surface area contributed by atoms with Crippen LogP contribution < -0.4 is 0 Å². The summed E-state index contributed by atoms with van der Waals surface area (Å²) in [4.78, 5) is 5.60. The van der Waals surface area contributed by atoms with Crippen molar-refractivity contribution in [2.24, 2.45) is 0 Å². The molecule has 92 valence electrons. The lowest BCUT2D eigenvalue weighted by atomic mass is 10.3. The zero-order valence-electron chi connectivity index (χ0n) is 8.10. The Hall–Kier alpha value is -1.67. The number of H-pyrrole nitrogens is 1. The molecule has 1 aromatic heterocycles. The summed E-state index contributed by atoms with van der Waals surface area (Å²) in [5.74, 6) is -0.950. The number of benzene rings is 1. The molecule has 9 heteroatoms. The number of hydrogen-bond donors (Lipinski definition) is 1. The minimum Gasteiger partial charge on any atom is -0.334 e. The number of halogens is 6. The van der Waals surface area contributed by atoms with Gasteiger partial charge in [-0.2, -0.15) is 13.2 Å². The third kappa shape index (κ3) is 4.01. The number of aromatic nitrogens is 2. The molecule has 2 aromatic rings. The second kappa shape index (κ2) is 5.11. The van der Waals surface area contributed by atoms with Gasteiger partial charge in [-0.05, 0) is 12.1 Å². The van der Waals surface area contributed by atoms with Gasteiger partial charge >= 0.3 is 13.7 Å². The normalized spacial score (nSPS) is 10.9. The number of aromatic amines is 1. The van der Waals surface area contributed by atoms with E-state index in [1.807, 2.05) is 0 Å². The van der Waals surface area contributed by atoms with E-state index in [4.69, 9.17) is 0 Å². The average molecular weight is 254 g/mol. The van der Waals surface area contributed by atoms with Gasteiger partial charge in [0.25, 0.3) is 0 Å². The van der Waals surface area contributed by atoms with Crippen molar-refractivity contribution in [2.75, 3.05) is 0 Å². The van der Waals surface area contributed by atoms with Crippen LogP contribution in [0.2, 0.25) is 0 Å². The number of para-hydroxylation sites is 2. The van der Waals surface area contributed by atoms with E-state index in [0.717, 1.165) is 0 Å². The van der Waals surface area contributed by atoms with Crippen LogP contribution in [-0.4, -0.2) is 17.5 Å². The molecular formula is C8H5BF6N2. The zero-order valence-corrected chi connectivity index (χ0v) is 8.10. The summed E-state index contributed by atoms with van der Waals surface area (Å²) in [5, 5.41) is 0. The van der Waals surface area contributed by atoms with Crippen molar-refractivity contribution in [3.63, 3.8) is 0 Å². The average Bonchev–Trinajstić information content (AvgIpc) is 2.59. The number of fused-ring (bicyclic) bond motifs is 1. The number of hydrogen-bond acceptors (Lipinski definition) is 1. The predicted molar refractivity (Wildman–Crippen MR) is 50.2 cm³/mol. The lowest BCUT2D eigenvalue weighted by molar-refractivity contribution is -0.144. The Balaban J connectivity index is 0.000000317. The van der Waals surface area contributed by atoms with Gasteiger partial charge in [0, 0.05) is 0 Å². The van der Waals surface area contributed by atoms with Crippen LogP contribution in [-0.2, 0) is 6.18 Å². The van der Waals surface area contributed by atoms with Gasteiger partial charge in [0.1, 0.15) is 0 Å². The Morgan fingerprint density at radius 2 is 1.59 bits per heavy atom. The van der Waals surface area contributed by atoms with Crippen molar-refractivity contribution >= 4 is 18.6 Å². The maximum atomic E-state index is 12.1. The highest BCUT2D eigenvalue weighted by Crippen LogP contribution is 2.28. The molecule has 0 saturated carbocycles. The Kier molecular flexibility index (Phi) is 4.03. The van der Waals surface area contributed by atoms with Gasteiger partial charge in [0.2, 0.25) is 5.82 Å². The van der Waals surface area contributed by atoms with Crippen LogP contribution in [0.1, 0.15) is 5.82 Å². The standard InChI is InChI=1S/C8H5F3N2.BF3/c9-8(10,11)7-12-5-3-1-2-4-6(5)13-7;2-1(3)4/h1-4H,(H,12,13);. The summed E-state index contributed by atoms with van der Waals surface area (Å²) in [6.07, 6.45) is -4.40. The van der Waals surface area contributed by atoms with Gasteiger partial charge in [0.15, 0.2) is 0 Å².